The van der Waals surface area contributed by atoms with Crippen LogP contribution in [0.3, 0.4) is 0 Å². The van der Waals surface area contributed by atoms with Crippen molar-refractivity contribution in [2.45, 2.75) is 37.5 Å². The van der Waals surface area contributed by atoms with Crippen LogP contribution < -0.4 is 10.5 Å². The van der Waals surface area contributed by atoms with Gasteiger partial charge in [0, 0.05) is 18.4 Å². The molecule has 0 spiro atoms. The quantitative estimate of drug-likeness (QED) is 0.488. The normalized spacial score (nSPS) is 11.2. The molecule has 1 aromatic carbocycles. The summed E-state index contributed by atoms with van der Waals surface area (Å²) in [5.74, 6) is -0.690. The number of sulfonamides is 1. The molecule has 0 atom stereocenters. The zero-order chi connectivity index (χ0) is 20.7. The lowest BCUT2D eigenvalue weighted by Gasteiger charge is -2.10. The zero-order valence-electron chi connectivity index (χ0n) is 15.9. The van der Waals surface area contributed by atoms with E-state index in [9.17, 15) is 13.2 Å². The van der Waals surface area contributed by atoms with E-state index in [0.29, 0.717) is 12.2 Å². The van der Waals surface area contributed by atoms with E-state index >= 15 is 0 Å². The van der Waals surface area contributed by atoms with Crippen LogP contribution in [0.2, 0.25) is 0 Å². The van der Waals surface area contributed by atoms with Crippen LogP contribution in [0, 0.1) is 11.3 Å². The van der Waals surface area contributed by atoms with E-state index in [2.05, 4.69) is 11.6 Å². The number of anilines is 1. The summed E-state index contributed by atoms with van der Waals surface area (Å²) < 4.78 is 33.5. The number of hydrogen-bond donors (Lipinski definition) is 2. The predicted molar refractivity (Wildman–Crippen MR) is 106 cm³/mol. The number of rotatable bonds is 9. The molecule has 0 aliphatic heterocycles. The number of methoxy groups -OCH3 is 1. The second-order valence-corrected chi connectivity index (χ2v) is 8.00. The number of carbonyl (C=O) groups is 1. The number of unbranched alkanes of at least 4 members (excludes halogenated alkanes) is 3. The van der Waals surface area contributed by atoms with E-state index in [4.69, 9.17) is 15.7 Å². The van der Waals surface area contributed by atoms with Gasteiger partial charge in [-0.1, -0.05) is 26.2 Å². The first-order chi connectivity index (χ1) is 13.4. The Morgan fingerprint density at radius 2 is 1.93 bits per heavy atom. The van der Waals surface area contributed by atoms with Crippen molar-refractivity contribution >= 4 is 21.7 Å². The number of nitrogens with zero attached hydrogens (tertiary/aromatic N) is 2. The Hall–Kier alpha value is -2.83. The van der Waals surface area contributed by atoms with Crippen molar-refractivity contribution in [2.24, 2.45) is 0 Å². The van der Waals surface area contributed by atoms with E-state index in [-0.39, 0.29) is 21.8 Å². The maximum atomic E-state index is 12.4. The molecule has 0 saturated heterocycles. The fourth-order valence-electron chi connectivity index (χ4n) is 2.75. The third-order valence-electron chi connectivity index (χ3n) is 4.29. The van der Waals surface area contributed by atoms with E-state index in [1.807, 2.05) is 6.07 Å². The lowest BCUT2D eigenvalue weighted by Crippen LogP contribution is -2.24. The Labute approximate surface area is 165 Å². The van der Waals surface area contributed by atoms with Crippen LogP contribution in [-0.4, -0.2) is 32.6 Å². The molecule has 0 saturated carbocycles. The average Bonchev–Trinajstić information content (AvgIpc) is 3.03. The Morgan fingerprint density at radius 3 is 2.50 bits per heavy atom. The highest BCUT2D eigenvalue weighted by atomic mass is 32.2. The minimum atomic E-state index is -3.61. The summed E-state index contributed by atoms with van der Waals surface area (Å²) in [5.41, 5.74) is 6.51. The molecular weight excluding hydrogens is 380 g/mol. The van der Waals surface area contributed by atoms with Gasteiger partial charge >= 0.3 is 5.97 Å². The summed E-state index contributed by atoms with van der Waals surface area (Å²) in [6, 6.07) is 7.87. The maximum absolute atomic E-state index is 12.4. The lowest BCUT2D eigenvalue weighted by molar-refractivity contribution is 0.0593. The molecule has 2 aromatic rings. The van der Waals surface area contributed by atoms with Crippen LogP contribution in [0.15, 0.2) is 35.4 Å². The van der Waals surface area contributed by atoms with Gasteiger partial charge in [0.25, 0.3) is 0 Å². The lowest BCUT2D eigenvalue weighted by atomic mass is 10.2. The number of nitrogen functional groups attached to an aromatic ring is 1. The van der Waals surface area contributed by atoms with Crippen molar-refractivity contribution in [1.82, 2.24) is 9.29 Å². The van der Waals surface area contributed by atoms with Crippen LogP contribution >= 0.6 is 0 Å². The third-order valence-corrected chi connectivity index (χ3v) is 5.77. The van der Waals surface area contributed by atoms with E-state index in [1.165, 1.54) is 30.0 Å². The summed E-state index contributed by atoms with van der Waals surface area (Å²) >= 11 is 0. The number of esters is 1. The number of benzene rings is 1. The Balaban J connectivity index is 2.26. The number of carbonyl (C=O) groups excluding carboxylic acids is 1. The van der Waals surface area contributed by atoms with E-state index < -0.39 is 16.0 Å². The Bertz CT molecular complexity index is 973. The highest BCUT2D eigenvalue weighted by Gasteiger charge is 2.22. The predicted octanol–water partition coefficient (Wildman–Crippen LogP) is 2.58. The van der Waals surface area contributed by atoms with Gasteiger partial charge in [0.2, 0.25) is 10.0 Å². The van der Waals surface area contributed by atoms with Gasteiger partial charge in [-0.2, -0.15) is 5.26 Å². The van der Waals surface area contributed by atoms with Crippen LogP contribution in [-0.2, 0) is 14.8 Å². The molecule has 1 heterocycles. The van der Waals surface area contributed by atoms with Crippen LogP contribution in [0.4, 0.5) is 5.69 Å². The molecule has 0 amide bonds. The molecule has 8 nitrogen and oxygen atoms in total. The number of hydrogen-bond acceptors (Lipinski definition) is 6. The van der Waals surface area contributed by atoms with Crippen molar-refractivity contribution < 1.29 is 17.9 Å². The van der Waals surface area contributed by atoms with Gasteiger partial charge in [-0.05, 0) is 30.7 Å². The highest BCUT2D eigenvalue weighted by Crippen LogP contribution is 2.25. The number of ether oxygens (including phenoxy) is 1. The van der Waals surface area contributed by atoms with Crippen molar-refractivity contribution in [3.63, 3.8) is 0 Å². The summed E-state index contributed by atoms with van der Waals surface area (Å²) in [6.45, 7) is 2.48. The number of nitrogens with two attached hydrogens (primary N) is 1. The summed E-state index contributed by atoms with van der Waals surface area (Å²) in [7, 11) is -2.40. The first-order valence-electron chi connectivity index (χ1n) is 8.95. The number of nitriles is 1. The van der Waals surface area contributed by atoms with Crippen molar-refractivity contribution in [2.75, 3.05) is 19.4 Å². The smallest absolute Gasteiger partial charge is 0.357 e. The second-order valence-electron chi connectivity index (χ2n) is 6.23. The number of aromatic nitrogens is 1. The fraction of sp³-hybridized carbons (Fsp3) is 0.368. The molecule has 3 N–H and O–H groups in total. The van der Waals surface area contributed by atoms with Gasteiger partial charge in [0.15, 0.2) is 5.69 Å². The molecule has 0 fully saturated rings. The van der Waals surface area contributed by atoms with Crippen molar-refractivity contribution in [3.05, 3.63) is 41.7 Å². The maximum Gasteiger partial charge on any atom is 0.357 e. The van der Waals surface area contributed by atoms with Gasteiger partial charge in [-0.25, -0.2) is 17.9 Å². The molecule has 0 aliphatic carbocycles. The van der Waals surface area contributed by atoms with Crippen LogP contribution in [0.25, 0.3) is 5.69 Å². The van der Waals surface area contributed by atoms with Crippen molar-refractivity contribution in [1.29, 1.82) is 5.26 Å². The molecule has 0 radical (unpaired) electrons. The molecule has 0 unspecified atom stereocenters. The minimum Gasteiger partial charge on any atom is -0.464 e. The van der Waals surface area contributed by atoms with Gasteiger partial charge in [-0.3, -0.25) is 0 Å². The first kappa shape index (κ1) is 21.5. The standard InChI is InChI=1S/C19H24N4O4S/c1-3-4-5-6-11-22-28(25,26)16-9-7-15(8-10-16)23-13-14(12-20)17(21)18(23)19(24)27-2/h7-10,13,22H,3-6,11,21H2,1-2H3. The van der Waals surface area contributed by atoms with E-state index in [1.54, 1.807) is 12.1 Å². The zero-order valence-corrected chi connectivity index (χ0v) is 16.8. The molecule has 28 heavy (non-hydrogen) atoms. The first-order valence-corrected chi connectivity index (χ1v) is 10.4. The van der Waals surface area contributed by atoms with Crippen LogP contribution in [0.5, 0.6) is 0 Å². The van der Waals surface area contributed by atoms with Gasteiger partial charge in [0.1, 0.15) is 6.07 Å². The summed E-state index contributed by atoms with van der Waals surface area (Å²) in [4.78, 5) is 12.2. The second kappa shape index (κ2) is 9.39. The highest BCUT2D eigenvalue weighted by molar-refractivity contribution is 7.89. The third kappa shape index (κ3) is 4.71. The fourth-order valence-corrected chi connectivity index (χ4v) is 3.82. The summed E-state index contributed by atoms with van der Waals surface area (Å²) in [5, 5.41) is 9.16. The van der Waals surface area contributed by atoms with Crippen molar-refractivity contribution in [3.8, 4) is 11.8 Å². The monoisotopic (exact) mass is 404 g/mol. The van der Waals surface area contributed by atoms with Gasteiger partial charge in [0.05, 0.1) is 23.3 Å². The number of nitrogens with one attached hydrogen (secondary N) is 1. The molecule has 2 rings (SSSR count). The molecule has 9 heteroatoms. The molecule has 150 valence electrons. The molecule has 1 aromatic heterocycles. The molecule has 0 bridgehead atoms. The van der Waals surface area contributed by atoms with Crippen LogP contribution in [0.1, 0.15) is 48.7 Å². The molecule has 0 aliphatic rings. The van der Waals surface area contributed by atoms with E-state index in [0.717, 1.165) is 25.7 Å². The SMILES string of the molecule is CCCCCCNS(=O)(=O)c1ccc(-n2cc(C#N)c(N)c2C(=O)OC)cc1. The Kier molecular flexibility index (Phi) is 7.20. The minimum absolute atomic E-state index is 0.0137. The topological polar surface area (TPSA) is 127 Å². The largest absolute Gasteiger partial charge is 0.464 e. The van der Waals surface area contributed by atoms with Gasteiger partial charge in [-0.15, -0.1) is 0 Å². The summed E-state index contributed by atoms with van der Waals surface area (Å²) in [6.07, 6.45) is 5.33. The van der Waals surface area contributed by atoms with Gasteiger partial charge < -0.3 is 15.0 Å². The average molecular weight is 404 g/mol. The Morgan fingerprint density at radius 1 is 1.25 bits per heavy atom. The molecular formula is C19H24N4O4S.